The van der Waals surface area contributed by atoms with Crippen molar-refractivity contribution in [2.24, 2.45) is 14.1 Å². The summed E-state index contributed by atoms with van der Waals surface area (Å²) in [6.07, 6.45) is -3.37. The van der Waals surface area contributed by atoms with Crippen LogP contribution in [0.5, 0.6) is 0 Å². The molecular formula is C12H16N4O6. The summed E-state index contributed by atoms with van der Waals surface area (Å²) in [6.45, 7) is -0.470. The topological polar surface area (TPSA) is 132 Å². The van der Waals surface area contributed by atoms with Gasteiger partial charge < -0.3 is 20.1 Å². The molecule has 1 saturated heterocycles. The molecular weight excluding hydrogens is 296 g/mol. The number of fused-ring (bicyclic) bond motifs is 1. The van der Waals surface area contributed by atoms with E-state index in [0.717, 1.165) is 4.57 Å². The fraction of sp³-hybridized carbons (Fsp3) is 0.583. The van der Waals surface area contributed by atoms with Crippen LogP contribution in [0.25, 0.3) is 11.2 Å². The molecule has 0 aromatic carbocycles. The highest BCUT2D eigenvalue weighted by Gasteiger charge is 2.44. The highest BCUT2D eigenvalue weighted by molar-refractivity contribution is 5.70. The Hall–Kier alpha value is -2.01. The third-order valence-electron chi connectivity index (χ3n) is 3.96. The summed E-state index contributed by atoms with van der Waals surface area (Å²) in [5, 5.41) is 29.0. The maximum absolute atomic E-state index is 12.1. The Morgan fingerprint density at radius 3 is 2.50 bits per heavy atom. The summed E-state index contributed by atoms with van der Waals surface area (Å²) in [6, 6.07) is 0. The largest absolute Gasteiger partial charge is 0.394 e. The number of hydrogen-bond acceptors (Lipinski definition) is 7. The molecule has 1 aliphatic rings. The highest BCUT2D eigenvalue weighted by Crippen LogP contribution is 2.30. The molecule has 0 radical (unpaired) electrons. The standard InChI is InChI=1S/C12H16N4O6/c1-14-9-6(10(20)15(2)12(14)21)13-4-16(9)11-8(19)7(18)5(3-17)22-11/h4-5,7-8,11,17-19H,3H2,1-2H3/t5-,7?,8?,11-/m0/s1. The Morgan fingerprint density at radius 2 is 1.91 bits per heavy atom. The lowest BCUT2D eigenvalue weighted by Crippen LogP contribution is -2.38. The molecule has 3 heterocycles. The first-order valence-corrected chi connectivity index (χ1v) is 6.63. The van der Waals surface area contributed by atoms with Crippen molar-refractivity contribution in [1.82, 2.24) is 18.7 Å². The zero-order valence-electron chi connectivity index (χ0n) is 11.9. The van der Waals surface area contributed by atoms with Crippen molar-refractivity contribution >= 4 is 11.2 Å². The fourth-order valence-electron chi connectivity index (χ4n) is 2.69. The number of aliphatic hydroxyl groups is 3. The molecule has 0 spiro atoms. The van der Waals surface area contributed by atoms with Gasteiger partial charge in [-0.3, -0.25) is 18.5 Å². The molecule has 10 heteroatoms. The number of imidazole rings is 1. The predicted octanol–water partition coefficient (Wildman–Crippen LogP) is -2.95. The molecule has 1 aliphatic heterocycles. The van der Waals surface area contributed by atoms with Gasteiger partial charge in [0, 0.05) is 14.1 Å². The van der Waals surface area contributed by atoms with Gasteiger partial charge in [-0.1, -0.05) is 0 Å². The fourth-order valence-corrected chi connectivity index (χ4v) is 2.69. The second-order valence-corrected chi connectivity index (χ2v) is 5.26. The Bertz CT molecular complexity index is 836. The zero-order valence-corrected chi connectivity index (χ0v) is 11.9. The van der Waals surface area contributed by atoms with E-state index in [1.54, 1.807) is 0 Å². The van der Waals surface area contributed by atoms with Gasteiger partial charge in [0.05, 0.1) is 12.9 Å². The average Bonchev–Trinajstić information content (AvgIpc) is 3.06. The summed E-state index contributed by atoms with van der Waals surface area (Å²) in [5.41, 5.74) is -0.903. The van der Waals surface area contributed by atoms with Crippen molar-refractivity contribution in [3.8, 4) is 0 Å². The minimum atomic E-state index is -1.33. The summed E-state index contributed by atoms with van der Waals surface area (Å²) < 4.78 is 8.84. The second kappa shape index (κ2) is 5.02. The van der Waals surface area contributed by atoms with Crippen molar-refractivity contribution < 1.29 is 20.1 Å². The maximum atomic E-state index is 12.1. The van der Waals surface area contributed by atoms with Crippen LogP contribution in [0.1, 0.15) is 6.23 Å². The van der Waals surface area contributed by atoms with Crippen molar-refractivity contribution in [1.29, 1.82) is 0 Å². The first kappa shape index (κ1) is 14.9. The monoisotopic (exact) mass is 312 g/mol. The first-order valence-electron chi connectivity index (χ1n) is 6.63. The molecule has 2 unspecified atom stereocenters. The normalized spacial score (nSPS) is 28.6. The number of nitrogens with zero attached hydrogens (tertiary/aromatic N) is 4. The first-order chi connectivity index (χ1) is 10.4. The number of ether oxygens (including phenoxy) is 1. The van der Waals surface area contributed by atoms with E-state index >= 15 is 0 Å². The van der Waals surface area contributed by atoms with Crippen LogP contribution < -0.4 is 11.2 Å². The number of aryl methyl sites for hydroxylation is 1. The Kier molecular flexibility index (Phi) is 3.40. The number of aliphatic hydroxyl groups excluding tert-OH is 3. The van der Waals surface area contributed by atoms with Gasteiger partial charge in [-0.25, -0.2) is 9.78 Å². The van der Waals surface area contributed by atoms with E-state index in [-0.39, 0.29) is 11.2 Å². The van der Waals surface area contributed by atoms with E-state index in [1.165, 1.54) is 29.6 Å². The Balaban J connectivity index is 2.22. The van der Waals surface area contributed by atoms with Gasteiger partial charge in [0.15, 0.2) is 17.4 Å². The third-order valence-corrected chi connectivity index (χ3v) is 3.96. The van der Waals surface area contributed by atoms with Gasteiger partial charge >= 0.3 is 5.69 Å². The van der Waals surface area contributed by atoms with Crippen molar-refractivity contribution in [3.63, 3.8) is 0 Å². The quantitative estimate of drug-likeness (QED) is 0.540. The molecule has 1 fully saturated rings. The number of hydrogen-bond donors (Lipinski definition) is 3. The lowest BCUT2D eigenvalue weighted by Gasteiger charge is -2.18. The van der Waals surface area contributed by atoms with Gasteiger partial charge in [-0.2, -0.15) is 0 Å². The zero-order chi connectivity index (χ0) is 16.2. The molecule has 2 aromatic rings. The van der Waals surface area contributed by atoms with E-state index in [9.17, 15) is 19.8 Å². The van der Waals surface area contributed by atoms with Crippen LogP contribution in [-0.2, 0) is 18.8 Å². The van der Waals surface area contributed by atoms with E-state index in [2.05, 4.69) is 4.98 Å². The molecule has 2 aromatic heterocycles. The Labute approximate surface area is 123 Å². The summed E-state index contributed by atoms with van der Waals surface area (Å²) >= 11 is 0. The molecule has 0 saturated carbocycles. The van der Waals surface area contributed by atoms with Crippen molar-refractivity contribution in [3.05, 3.63) is 27.2 Å². The maximum Gasteiger partial charge on any atom is 0.332 e. The van der Waals surface area contributed by atoms with Crippen LogP contribution in [0.15, 0.2) is 15.9 Å². The van der Waals surface area contributed by atoms with Crippen LogP contribution in [-0.4, -0.2) is 58.9 Å². The molecule has 10 nitrogen and oxygen atoms in total. The predicted molar refractivity (Wildman–Crippen MR) is 73.2 cm³/mol. The Morgan fingerprint density at radius 1 is 1.23 bits per heavy atom. The van der Waals surface area contributed by atoms with Gasteiger partial charge in [0.2, 0.25) is 0 Å². The van der Waals surface area contributed by atoms with Gasteiger partial charge in [0.25, 0.3) is 5.56 Å². The van der Waals surface area contributed by atoms with E-state index in [0.29, 0.717) is 0 Å². The van der Waals surface area contributed by atoms with Crippen molar-refractivity contribution in [2.45, 2.75) is 24.5 Å². The van der Waals surface area contributed by atoms with E-state index in [4.69, 9.17) is 9.84 Å². The molecule has 0 amide bonds. The number of aromatic nitrogens is 4. The van der Waals surface area contributed by atoms with Crippen LogP contribution >= 0.6 is 0 Å². The third kappa shape index (κ3) is 1.85. The lowest BCUT2D eigenvalue weighted by molar-refractivity contribution is -0.0513. The van der Waals surface area contributed by atoms with Crippen LogP contribution in [0.4, 0.5) is 0 Å². The molecule has 4 atom stereocenters. The highest BCUT2D eigenvalue weighted by atomic mass is 16.6. The molecule has 120 valence electrons. The second-order valence-electron chi connectivity index (χ2n) is 5.26. The van der Waals surface area contributed by atoms with Crippen LogP contribution in [0.3, 0.4) is 0 Å². The van der Waals surface area contributed by atoms with Crippen LogP contribution in [0, 0.1) is 0 Å². The minimum absolute atomic E-state index is 0.0438. The SMILES string of the molecule is Cn1c(=O)c2ncn([C@H]3O[C@@H](CO)C(O)C3O)c2n(C)c1=O. The molecule has 3 N–H and O–H groups in total. The van der Waals surface area contributed by atoms with E-state index in [1.807, 2.05) is 0 Å². The lowest BCUT2D eigenvalue weighted by atomic mass is 10.1. The molecule has 22 heavy (non-hydrogen) atoms. The minimum Gasteiger partial charge on any atom is -0.394 e. The molecule has 0 bridgehead atoms. The van der Waals surface area contributed by atoms with Crippen molar-refractivity contribution in [2.75, 3.05) is 6.61 Å². The number of rotatable bonds is 2. The molecule has 0 aliphatic carbocycles. The van der Waals surface area contributed by atoms with E-state index < -0.39 is 42.4 Å². The smallest absolute Gasteiger partial charge is 0.332 e. The summed E-state index contributed by atoms with van der Waals surface area (Å²) in [7, 11) is 2.80. The average molecular weight is 312 g/mol. The van der Waals surface area contributed by atoms with Gasteiger partial charge in [-0.05, 0) is 0 Å². The summed E-state index contributed by atoms with van der Waals surface area (Å²) in [5.74, 6) is 0. The van der Waals surface area contributed by atoms with Gasteiger partial charge in [0.1, 0.15) is 18.3 Å². The van der Waals surface area contributed by atoms with Gasteiger partial charge in [-0.15, -0.1) is 0 Å². The molecule has 3 rings (SSSR count). The summed E-state index contributed by atoms with van der Waals surface area (Å²) in [4.78, 5) is 28.1. The van der Waals surface area contributed by atoms with Crippen LogP contribution in [0.2, 0.25) is 0 Å².